The van der Waals surface area contributed by atoms with Gasteiger partial charge in [-0.15, -0.1) is 0 Å². The third-order valence-electron chi connectivity index (χ3n) is 11.8. The summed E-state index contributed by atoms with van der Waals surface area (Å²) in [5, 5.41) is 2.30. The molecule has 300 valence electrons. The average molecular weight is 818 g/mol. The van der Waals surface area contributed by atoms with Crippen molar-refractivity contribution in [2.45, 2.75) is 0 Å². The molecule has 64 heavy (non-hydrogen) atoms. The van der Waals surface area contributed by atoms with E-state index in [0.29, 0.717) is 11.5 Å². The summed E-state index contributed by atoms with van der Waals surface area (Å²) < 4.78 is 2.36. The minimum absolute atomic E-state index is 0.629. The highest BCUT2D eigenvalue weighted by molar-refractivity contribution is 6.11. The first kappa shape index (κ1) is 38.1. The van der Waals surface area contributed by atoms with Crippen LogP contribution in [0.5, 0.6) is 0 Å². The summed E-state index contributed by atoms with van der Waals surface area (Å²) in [6.07, 6.45) is 0. The summed E-state index contributed by atoms with van der Waals surface area (Å²) in [6.45, 7) is 7.48. The molecule has 0 unspecified atom stereocenters. The predicted molar refractivity (Wildman–Crippen MR) is 264 cm³/mol. The van der Waals surface area contributed by atoms with Crippen LogP contribution in [0.25, 0.3) is 88.5 Å². The van der Waals surface area contributed by atoms with Gasteiger partial charge < -0.3 is 9.47 Å². The van der Waals surface area contributed by atoms with Crippen LogP contribution in [0.15, 0.2) is 237 Å². The molecule has 2 aromatic heterocycles. The largest absolute Gasteiger partial charge is 0.310 e. The van der Waals surface area contributed by atoms with Crippen molar-refractivity contribution in [1.29, 1.82) is 0 Å². The lowest BCUT2D eigenvalue weighted by atomic mass is 9.99. The highest BCUT2D eigenvalue weighted by atomic mass is 15.1. The summed E-state index contributed by atoms with van der Waals surface area (Å²) in [4.78, 5) is 16.0. The molecule has 0 amide bonds. The average Bonchev–Trinajstić information content (AvgIpc) is 3.70. The van der Waals surface area contributed by atoms with Crippen molar-refractivity contribution in [3.8, 4) is 61.8 Å². The number of nitrogens with zero attached hydrogens (tertiary/aromatic N) is 5. The van der Waals surface area contributed by atoms with Crippen molar-refractivity contribution in [3.05, 3.63) is 248 Å². The van der Waals surface area contributed by atoms with Gasteiger partial charge in [-0.1, -0.05) is 158 Å². The Labute approximate surface area is 372 Å². The van der Waals surface area contributed by atoms with Gasteiger partial charge in [-0.05, 0) is 101 Å². The molecule has 0 saturated heterocycles. The van der Waals surface area contributed by atoms with Crippen LogP contribution in [0.2, 0.25) is 0 Å². The van der Waals surface area contributed by atoms with E-state index in [9.17, 15) is 0 Å². The Hall–Kier alpha value is -8.85. The number of para-hydroxylation sites is 2. The van der Waals surface area contributed by atoms with Crippen LogP contribution in [0.1, 0.15) is 0 Å². The smallest absolute Gasteiger partial charge is 0.187 e. The van der Waals surface area contributed by atoms with Gasteiger partial charge in [0, 0.05) is 50.2 Å². The van der Waals surface area contributed by atoms with Crippen molar-refractivity contribution in [2.75, 3.05) is 4.90 Å². The molecule has 9 aromatic carbocycles. The maximum absolute atomic E-state index is 7.48. The van der Waals surface area contributed by atoms with E-state index in [0.717, 1.165) is 94.9 Å². The zero-order valence-corrected chi connectivity index (χ0v) is 34.8. The zero-order valence-electron chi connectivity index (χ0n) is 34.8. The van der Waals surface area contributed by atoms with Gasteiger partial charge >= 0.3 is 0 Å². The SMILES string of the molecule is [C-]#[N+]c1ccc(-c2ccc3c(c2)c2cc(-c4cccc(N(c5ccccc5)c5ccccc5)c4)ccc2n3-c2ccc(-c3cc(-c4ccccc4)nc(-c4ccccc4)n3)cc2)cc1. The van der Waals surface area contributed by atoms with E-state index in [2.05, 4.69) is 190 Å². The fraction of sp³-hybridized carbons (Fsp3) is 0. The van der Waals surface area contributed by atoms with Crippen LogP contribution in [-0.2, 0) is 0 Å². The van der Waals surface area contributed by atoms with Gasteiger partial charge in [0.2, 0.25) is 0 Å². The van der Waals surface area contributed by atoms with Gasteiger partial charge in [0.25, 0.3) is 0 Å². The van der Waals surface area contributed by atoms with Gasteiger partial charge in [-0.3, -0.25) is 0 Å². The molecular formula is C59H39N5. The van der Waals surface area contributed by atoms with Crippen molar-refractivity contribution < 1.29 is 0 Å². The molecule has 5 nitrogen and oxygen atoms in total. The van der Waals surface area contributed by atoms with E-state index in [4.69, 9.17) is 16.5 Å². The number of benzene rings is 9. The summed E-state index contributed by atoms with van der Waals surface area (Å²) in [6, 6.07) is 82.5. The van der Waals surface area contributed by atoms with E-state index >= 15 is 0 Å². The molecule has 0 aliphatic heterocycles. The molecule has 0 aliphatic rings. The molecule has 5 heteroatoms. The normalized spacial score (nSPS) is 11.1. The van der Waals surface area contributed by atoms with Crippen LogP contribution in [-0.4, -0.2) is 14.5 Å². The van der Waals surface area contributed by atoms with Crippen molar-refractivity contribution in [3.63, 3.8) is 0 Å². The Morgan fingerprint density at radius 1 is 0.359 bits per heavy atom. The molecule has 0 spiro atoms. The Morgan fingerprint density at radius 3 is 1.36 bits per heavy atom. The minimum Gasteiger partial charge on any atom is -0.310 e. The van der Waals surface area contributed by atoms with Gasteiger partial charge in [0.15, 0.2) is 11.5 Å². The number of rotatable bonds is 9. The monoisotopic (exact) mass is 817 g/mol. The van der Waals surface area contributed by atoms with Gasteiger partial charge in [0.05, 0.1) is 29.0 Å². The second-order valence-electron chi connectivity index (χ2n) is 15.8. The Bertz CT molecular complexity index is 3370. The summed E-state index contributed by atoms with van der Waals surface area (Å²) in [7, 11) is 0. The standard InChI is InChI=1S/C59H39N5/c1-60-48-31-25-41(26-32-48)46-29-35-57-53(38-46)54-39-47(45-19-14-24-52(37-45)63(49-20-10-4-11-21-49)50-22-12-5-13-23-50)30-36-58(54)64(57)51-33-27-43(28-34-51)56-40-55(42-15-6-2-7-16-42)61-59(62-56)44-17-8-3-9-18-44/h2-40H. The van der Waals surface area contributed by atoms with Gasteiger partial charge in [0.1, 0.15) is 0 Å². The molecule has 0 fully saturated rings. The van der Waals surface area contributed by atoms with Gasteiger partial charge in [-0.2, -0.15) is 0 Å². The number of hydrogen-bond donors (Lipinski definition) is 0. The Balaban J connectivity index is 1.04. The molecule has 0 atom stereocenters. The lowest BCUT2D eigenvalue weighted by Gasteiger charge is -2.26. The highest BCUT2D eigenvalue weighted by Gasteiger charge is 2.18. The quantitative estimate of drug-likeness (QED) is 0.136. The predicted octanol–water partition coefficient (Wildman–Crippen LogP) is 15.9. The van der Waals surface area contributed by atoms with E-state index in [1.54, 1.807) is 0 Å². The summed E-state index contributed by atoms with van der Waals surface area (Å²) in [5.41, 5.74) is 16.4. The molecule has 0 radical (unpaired) electrons. The lowest BCUT2D eigenvalue weighted by Crippen LogP contribution is -2.09. The van der Waals surface area contributed by atoms with E-state index < -0.39 is 0 Å². The molecule has 11 rings (SSSR count). The van der Waals surface area contributed by atoms with Crippen molar-refractivity contribution in [1.82, 2.24) is 14.5 Å². The van der Waals surface area contributed by atoms with Crippen LogP contribution < -0.4 is 4.90 Å². The highest BCUT2D eigenvalue weighted by Crippen LogP contribution is 2.40. The second kappa shape index (κ2) is 16.5. The summed E-state index contributed by atoms with van der Waals surface area (Å²) >= 11 is 0. The Morgan fingerprint density at radius 2 is 0.797 bits per heavy atom. The summed E-state index contributed by atoms with van der Waals surface area (Å²) in [5.74, 6) is 0.692. The molecule has 2 heterocycles. The van der Waals surface area contributed by atoms with E-state index in [1.165, 1.54) is 0 Å². The van der Waals surface area contributed by atoms with Crippen LogP contribution in [0, 0.1) is 6.57 Å². The molecule has 0 saturated carbocycles. The first-order valence-corrected chi connectivity index (χ1v) is 21.3. The molecule has 11 aromatic rings. The second-order valence-corrected chi connectivity index (χ2v) is 15.8. The number of hydrogen-bond acceptors (Lipinski definition) is 3. The number of aromatic nitrogens is 3. The fourth-order valence-electron chi connectivity index (χ4n) is 8.66. The van der Waals surface area contributed by atoms with Crippen LogP contribution in [0.4, 0.5) is 22.7 Å². The lowest BCUT2D eigenvalue weighted by molar-refractivity contribution is 1.17. The molecular weight excluding hydrogens is 779 g/mol. The third kappa shape index (κ3) is 7.26. The zero-order chi connectivity index (χ0) is 42.8. The van der Waals surface area contributed by atoms with Crippen molar-refractivity contribution in [2.24, 2.45) is 0 Å². The fourth-order valence-corrected chi connectivity index (χ4v) is 8.66. The van der Waals surface area contributed by atoms with E-state index in [1.807, 2.05) is 60.7 Å². The minimum atomic E-state index is 0.629. The third-order valence-corrected chi connectivity index (χ3v) is 11.8. The van der Waals surface area contributed by atoms with E-state index in [-0.39, 0.29) is 0 Å². The molecule has 0 aliphatic carbocycles. The molecule has 0 bridgehead atoms. The number of anilines is 3. The number of fused-ring (bicyclic) bond motifs is 3. The first-order chi connectivity index (χ1) is 31.7. The first-order valence-electron chi connectivity index (χ1n) is 21.3. The maximum atomic E-state index is 7.48. The van der Waals surface area contributed by atoms with Gasteiger partial charge in [-0.25, -0.2) is 14.8 Å². The van der Waals surface area contributed by atoms with Crippen LogP contribution >= 0.6 is 0 Å². The van der Waals surface area contributed by atoms with Crippen molar-refractivity contribution >= 4 is 44.6 Å². The topological polar surface area (TPSA) is 38.3 Å². The van der Waals surface area contributed by atoms with Crippen LogP contribution in [0.3, 0.4) is 0 Å². The molecule has 0 N–H and O–H groups in total. The maximum Gasteiger partial charge on any atom is 0.187 e. The Kier molecular flexibility index (Phi) is 9.85.